The Bertz CT molecular complexity index is 1310. The van der Waals surface area contributed by atoms with Crippen LogP contribution in [-0.2, 0) is 28.6 Å². The lowest BCUT2D eigenvalue weighted by Crippen LogP contribution is -2.07. The number of Topliss-reactive ketones (excluding diaryl/α,β-unsaturated/α-hetero) is 1. The van der Waals surface area contributed by atoms with Gasteiger partial charge in [-0.25, -0.2) is 13.0 Å². The van der Waals surface area contributed by atoms with Crippen LogP contribution in [0.1, 0.15) is 17.5 Å². The first-order valence-corrected chi connectivity index (χ1v) is 12.0. The molecule has 0 aliphatic rings. The Kier molecular flexibility index (Phi) is 7.60. The van der Waals surface area contributed by atoms with E-state index in [1.54, 1.807) is 12.1 Å². The molecular weight excluding hydrogens is 452 g/mol. The molecule has 4 aromatic carbocycles. The number of hydrogen-bond acceptors (Lipinski definition) is 2. The van der Waals surface area contributed by atoms with Gasteiger partial charge in [0.1, 0.15) is 5.78 Å². The summed E-state index contributed by atoms with van der Waals surface area (Å²) >= 11 is 0. The van der Waals surface area contributed by atoms with Crippen molar-refractivity contribution in [3.63, 3.8) is 0 Å². The molecule has 0 bridgehead atoms. The second-order valence-electron chi connectivity index (χ2n) is 7.89. The third-order valence-electron chi connectivity index (χ3n) is 5.41. The van der Waals surface area contributed by atoms with Crippen molar-refractivity contribution in [2.75, 3.05) is 4.72 Å². The lowest BCUT2D eigenvalue weighted by atomic mass is 10.0. The summed E-state index contributed by atoms with van der Waals surface area (Å²) < 4.78 is 42.4. The number of benzene rings is 4. The zero-order valence-electron chi connectivity index (χ0n) is 18.3. The van der Waals surface area contributed by atoms with E-state index in [1.165, 1.54) is 6.07 Å². The highest BCUT2D eigenvalue weighted by Gasteiger charge is 2.12. The third-order valence-corrected chi connectivity index (χ3v) is 6.59. The van der Waals surface area contributed by atoms with Crippen molar-refractivity contribution in [3.05, 3.63) is 120 Å². The number of hydrogen-bond donors (Lipinski definition) is 1. The fraction of sp³-hybridized carbons (Fsp3) is 0.107. The average Bonchev–Trinajstić information content (AvgIpc) is 2.86. The monoisotopic (exact) mass is 475 g/mol. The first kappa shape index (κ1) is 23.5. The SMILES string of the molecule is O=C(CCc1ccc(F)c(F)c1)Cc1ccc(NS(=O)c2ccccc2-c2ccccc2)cc1. The maximum Gasteiger partial charge on any atom is 0.159 e. The molecule has 0 amide bonds. The minimum absolute atomic E-state index is 0.00538. The van der Waals surface area contributed by atoms with E-state index in [9.17, 15) is 17.8 Å². The Hall–Kier alpha value is -3.64. The highest BCUT2D eigenvalue weighted by Crippen LogP contribution is 2.27. The Morgan fingerprint density at radius 1 is 0.765 bits per heavy atom. The Morgan fingerprint density at radius 3 is 2.18 bits per heavy atom. The fourth-order valence-electron chi connectivity index (χ4n) is 3.63. The number of anilines is 1. The molecule has 0 aliphatic heterocycles. The second-order valence-corrected chi connectivity index (χ2v) is 9.08. The minimum Gasteiger partial charge on any atom is -0.301 e. The molecule has 0 aromatic heterocycles. The predicted molar refractivity (Wildman–Crippen MR) is 132 cm³/mol. The van der Waals surface area contributed by atoms with Gasteiger partial charge in [0.05, 0.1) is 4.90 Å². The van der Waals surface area contributed by atoms with Gasteiger partial charge in [0.2, 0.25) is 0 Å². The Morgan fingerprint density at radius 2 is 1.44 bits per heavy atom. The number of halogens is 2. The zero-order chi connectivity index (χ0) is 23.9. The molecule has 4 rings (SSSR count). The molecule has 34 heavy (non-hydrogen) atoms. The number of nitrogens with one attached hydrogen (secondary N) is 1. The van der Waals surface area contributed by atoms with Gasteiger partial charge < -0.3 is 4.72 Å². The molecule has 0 radical (unpaired) electrons. The summed E-state index contributed by atoms with van der Waals surface area (Å²) in [6.45, 7) is 0. The van der Waals surface area contributed by atoms with E-state index in [-0.39, 0.29) is 18.6 Å². The van der Waals surface area contributed by atoms with Crippen LogP contribution < -0.4 is 4.72 Å². The standard InChI is InChI=1S/C28H23F2NO2S/c29-26-17-13-21(19-27(26)30)12-16-24(32)18-20-10-14-23(15-11-20)31-34(33)28-9-5-4-8-25(28)22-6-2-1-3-7-22/h1-11,13-15,17,19,31H,12,16,18H2. The second kappa shape index (κ2) is 11.0. The van der Waals surface area contributed by atoms with Gasteiger partial charge >= 0.3 is 0 Å². The van der Waals surface area contributed by atoms with Gasteiger partial charge in [-0.15, -0.1) is 0 Å². The number of ketones is 1. The fourth-order valence-corrected chi connectivity index (χ4v) is 4.68. The normalized spacial score (nSPS) is 11.7. The van der Waals surface area contributed by atoms with E-state index in [2.05, 4.69) is 4.72 Å². The summed E-state index contributed by atoms with van der Waals surface area (Å²) in [5.41, 5.74) is 3.99. The van der Waals surface area contributed by atoms with Crippen molar-refractivity contribution < 1.29 is 17.8 Å². The molecule has 0 fully saturated rings. The van der Waals surface area contributed by atoms with E-state index in [0.717, 1.165) is 28.8 Å². The molecule has 6 heteroatoms. The molecule has 0 spiro atoms. The molecule has 1 unspecified atom stereocenters. The molecule has 4 aromatic rings. The Labute approximate surface area is 200 Å². The highest BCUT2D eigenvalue weighted by atomic mass is 32.2. The molecular formula is C28H23F2NO2S. The molecule has 0 saturated carbocycles. The van der Waals surface area contributed by atoms with Crippen LogP contribution in [0.15, 0.2) is 102 Å². The summed E-state index contributed by atoms with van der Waals surface area (Å²) in [6.07, 6.45) is 0.838. The van der Waals surface area contributed by atoms with Crippen LogP contribution in [0.4, 0.5) is 14.5 Å². The van der Waals surface area contributed by atoms with Gasteiger partial charge in [0, 0.05) is 18.5 Å². The van der Waals surface area contributed by atoms with Gasteiger partial charge in [-0.3, -0.25) is 4.79 Å². The molecule has 0 heterocycles. The molecule has 1 N–H and O–H groups in total. The van der Waals surface area contributed by atoms with Crippen molar-refractivity contribution in [1.29, 1.82) is 0 Å². The summed E-state index contributed by atoms with van der Waals surface area (Å²) in [6, 6.07) is 28.3. The maximum atomic E-state index is 13.3. The number of rotatable bonds is 9. The van der Waals surface area contributed by atoms with Crippen molar-refractivity contribution in [2.24, 2.45) is 0 Å². The average molecular weight is 476 g/mol. The van der Waals surface area contributed by atoms with Crippen molar-refractivity contribution in [1.82, 2.24) is 0 Å². The maximum absolute atomic E-state index is 13.3. The zero-order valence-corrected chi connectivity index (χ0v) is 19.2. The van der Waals surface area contributed by atoms with E-state index < -0.39 is 22.6 Å². The van der Waals surface area contributed by atoms with Gasteiger partial charge in [0.15, 0.2) is 22.6 Å². The van der Waals surface area contributed by atoms with Gasteiger partial charge in [-0.2, -0.15) is 0 Å². The van der Waals surface area contributed by atoms with Gasteiger partial charge in [0.25, 0.3) is 0 Å². The van der Waals surface area contributed by atoms with Crippen LogP contribution in [0, 0.1) is 11.6 Å². The quantitative estimate of drug-likeness (QED) is 0.300. The van der Waals surface area contributed by atoms with E-state index in [4.69, 9.17) is 0 Å². The molecule has 3 nitrogen and oxygen atoms in total. The van der Waals surface area contributed by atoms with Crippen LogP contribution in [0.5, 0.6) is 0 Å². The van der Waals surface area contributed by atoms with Crippen LogP contribution in [0.25, 0.3) is 11.1 Å². The lowest BCUT2D eigenvalue weighted by molar-refractivity contribution is -0.118. The summed E-state index contributed by atoms with van der Waals surface area (Å²) in [5.74, 6) is -1.80. The third kappa shape index (κ3) is 6.02. The number of carbonyl (C=O) groups excluding carboxylic acids is 1. The van der Waals surface area contributed by atoms with E-state index >= 15 is 0 Å². The van der Waals surface area contributed by atoms with E-state index in [0.29, 0.717) is 22.6 Å². The lowest BCUT2D eigenvalue weighted by Gasteiger charge is -2.11. The molecule has 1 atom stereocenters. The summed E-state index contributed by atoms with van der Waals surface area (Å²) in [5, 5.41) is 0. The number of carbonyl (C=O) groups is 1. The highest BCUT2D eigenvalue weighted by molar-refractivity contribution is 7.86. The smallest absolute Gasteiger partial charge is 0.159 e. The topological polar surface area (TPSA) is 46.2 Å². The predicted octanol–water partition coefficient (Wildman–Crippen LogP) is 6.51. The van der Waals surface area contributed by atoms with Crippen LogP contribution in [0.3, 0.4) is 0 Å². The Balaban J connectivity index is 1.35. The van der Waals surface area contributed by atoms with Crippen molar-refractivity contribution >= 4 is 22.5 Å². The van der Waals surface area contributed by atoms with Gasteiger partial charge in [-0.1, -0.05) is 66.7 Å². The van der Waals surface area contributed by atoms with Crippen LogP contribution in [-0.4, -0.2) is 9.99 Å². The minimum atomic E-state index is -1.47. The van der Waals surface area contributed by atoms with Crippen molar-refractivity contribution in [2.45, 2.75) is 24.2 Å². The van der Waals surface area contributed by atoms with E-state index in [1.807, 2.05) is 66.7 Å². The molecule has 172 valence electrons. The number of aryl methyl sites for hydroxylation is 1. The molecule has 0 saturated heterocycles. The summed E-state index contributed by atoms with van der Waals surface area (Å²) in [4.78, 5) is 13.0. The molecule has 0 aliphatic carbocycles. The largest absolute Gasteiger partial charge is 0.301 e. The van der Waals surface area contributed by atoms with Gasteiger partial charge in [-0.05, 0) is 59.0 Å². The van der Waals surface area contributed by atoms with Crippen molar-refractivity contribution in [3.8, 4) is 11.1 Å². The first-order chi connectivity index (χ1) is 16.5. The summed E-state index contributed by atoms with van der Waals surface area (Å²) in [7, 11) is -1.47. The van der Waals surface area contributed by atoms with Crippen LogP contribution >= 0.6 is 0 Å². The van der Waals surface area contributed by atoms with Crippen LogP contribution in [0.2, 0.25) is 0 Å². The first-order valence-electron chi connectivity index (χ1n) is 10.9.